The van der Waals surface area contributed by atoms with Crippen LogP contribution in [0.25, 0.3) is 10.9 Å². The summed E-state index contributed by atoms with van der Waals surface area (Å²) in [6.45, 7) is 9.02. The Hall–Kier alpha value is -1.24. The fourth-order valence-corrected chi connectivity index (χ4v) is 2.15. The van der Waals surface area contributed by atoms with E-state index in [1.807, 2.05) is 6.20 Å². The van der Waals surface area contributed by atoms with Crippen molar-refractivity contribution in [2.75, 3.05) is 0 Å². The highest BCUT2D eigenvalue weighted by atomic mass is 14.7. The van der Waals surface area contributed by atoms with E-state index in [0.717, 1.165) is 6.42 Å². The van der Waals surface area contributed by atoms with Crippen molar-refractivity contribution in [3.05, 3.63) is 35.5 Å². The molecule has 0 bridgehead atoms. The van der Waals surface area contributed by atoms with Gasteiger partial charge in [-0.25, -0.2) is 0 Å². The Kier molecular flexibility index (Phi) is 2.34. The van der Waals surface area contributed by atoms with Gasteiger partial charge in [0.05, 0.1) is 0 Å². The van der Waals surface area contributed by atoms with Gasteiger partial charge in [-0.3, -0.25) is 0 Å². The number of aryl methyl sites for hydroxylation is 1. The van der Waals surface area contributed by atoms with Gasteiger partial charge in [0.1, 0.15) is 0 Å². The highest BCUT2D eigenvalue weighted by Gasteiger charge is 2.12. The van der Waals surface area contributed by atoms with Crippen LogP contribution < -0.4 is 0 Å². The number of rotatable bonds is 1. The summed E-state index contributed by atoms with van der Waals surface area (Å²) in [5.41, 5.74) is 4.41. The highest BCUT2D eigenvalue weighted by Crippen LogP contribution is 2.25. The number of aromatic nitrogens is 1. The Morgan fingerprint density at radius 1 is 1.20 bits per heavy atom. The quantitative estimate of drug-likeness (QED) is 0.716. The summed E-state index contributed by atoms with van der Waals surface area (Å²) in [5.74, 6) is 0. The first-order valence-corrected chi connectivity index (χ1v) is 5.52. The molecule has 0 saturated heterocycles. The van der Waals surface area contributed by atoms with Crippen LogP contribution in [0.3, 0.4) is 0 Å². The number of hydrogen-bond donors (Lipinski definition) is 1. The molecule has 0 amide bonds. The molecule has 1 aromatic heterocycles. The first-order chi connectivity index (χ1) is 6.96. The molecule has 2 aromatic rings. The molecule has 0 spiro atoms. The van der Waals surface area contributed by atoms with E-state index < -0.39 is 0 Å². The van der Waals surface area contributed by atoms with Crippen molar-refractivity contribution in [3.8, 4) is 0 Å². The average molecular weight is 201 g/mol. The van der Waals surface area contributed by atoms with Crippen LogP contribution in [-0.2, 0) is 6.42 Å². The van der Waals surface area contributed by atoms with E-state index in [2.05, 4.69) is 50.9 Å². The average Bonchev–Trinajstić information content (AvgIpc) is 2.48. The molecule has 0 saturated carbocycles. The number of benzene rings is 1. The van der Waals surface area contributed by atoms with Crippen molar-refractivity contribution >= 4 is 10.9 Å². The van der Waals surface area contributed by atoms with Crippen molar-refractivity contribution in [3.63, 3.8) is 0 Å². The number of aromatic amines is 1. The lowest BCUT2D eigenvalue weighted by atomic mass is 9.87. The lowest BCUT2D eigenvalue weighted by molar-refractivity contribution is 0.411. The van der Waals surface area contributed by atoms with E-state index in [-0.39, 0.29) is 0 Å². The van der Waals surface area contributed by atoms with Gasteiger partial charge in [0.25, 0.3) is 0 Å². The summed E-state index contributed by atoms with van der Waals surface area (Å²) in [6, 6.07) is 6.74. The number of fused-ring (bicyclic) bond motifs is 1. The zero-order valence-corrected chi connectivity index (χ0v) is 10.0. The molecular weight excluding hydrogens is 182 g/mol. The molecule has 1 heteroatoms. The largest absolute Gasteiger partial charge is 0.361 e. The third-order valence-corrected chi connectivity index (χ3v) is 2.65. The van der Waals surface area contributed by atoms with Crippen LogP contribution in [0.1, 0.15) is 31.9 Å². The summed E-state index contributed by atoms with van der Waals surface area (Å²) in [7, 11) is 0. The Morgan fingerprint density at radius 2 is 1.93 bits per heavy atom. The van der Waals surface area contributed by atoms with E-state index >= 15 is 0 Å². The van der Waals surface area contributed by atoms with Crippen LogP contribution in [0.15, 0.2) is 24.4 Å². The Balaban J connectivity index is 2.45. The van der Waals surface area contributed by atoms with Gasteiger partial charge in [0.15, 0.2) is 0 Å². The Morgan fingerprint density at radius 3 is 2.60 bits per heavy atom. The van der Waals surface area contributed by atoms with Crippen LogP contribution >= 0.6 is 0 Å². The van der Waals surface area contributed by atoms with E-state index in [4.69, 9.17) is 0 Å². The summed E-state index contributed by atoms with van der Waals surface area (Å²) in [6.07, 6.45) is 3.15. The van der Waals surface area contributed by atoms with Crippen molar-refractivity contribution in [2.45, 2.75) is 34.1 Å². The van der Waals surface area contributed by atoms with Crippen molar-refractivity contribution in [1.82, 2.24) is 4.98 Å². The molecule has 0 aliphatic heterocycles. The Labute approximate surface area is 91.5 Å². The molecule has 1 nitrogen and oxygen atoms in total. The van der Waals surface area contributed by atoms with Crippen LogP contribution in [0.4, 0.5) is 0 Å². The monoisotopic (exact) mass is 201 g/mol. The summed E-state index contributed by atoms with van der Waals surface area (Å²) >= 11 is 0. The molecule has 1 heterocycles. The fourth-order valence-electron chi connectivity index (χ4n) is 2.15. The van der Waals surface area contributed by atoms with Gasteiger partial charge < -0.3 is 4.98 Å². The van der Waals surface area contributed by atoms with Gasteiger partial charge in [-0.15, -0.1) is 0 Å². The molecule has 0 atom stereocenters. The van der Waals surface area contributed by atoms with Gasteiger partial charge >= 0.3 is 0 Å². The SMILES string of the molecule is Cc1cc(CC(C)(C)C)cc2cc[nH]c12. The topological polar surface area (TPSA) is 15.8 Å². The number of hydrogen-bond acceptors (Lipinski definition) is 0. The first kappa shape index (κ1) is 10.3. The van der Waals surface area contributed by atoms with Crippen LogP contribution in [0, 0.1) is 12.3 Å². The molecule has 15 heavy (non-hydrogen) atoms. The molecular formula is C14H19N. The summed E-state index contributed by atoms with van der Waals surface area (Å²) < 4.78 is 0. The second kappa shape index (κ2) is 3.41. The molecule has 0 unspecified atom stereocenters. The second-order valence-corrected chi connectivity index (χ2v) is 5.59. The number of H-pyrrole nitrogens is 1. The zero-order valence-electron chi connectivity index (χ0n) is 10.0. The summed E-state index contributed by atoms with van der Waals surface area (Å²) in [4.78, 5) is 3.28. The third-order valence-electron chi connectivity index (χ3n) is 2.65. The van der Waals surface area contributed by atoms with Crippen LogP contribution in [0.2, 0.25) is 0 Å². The molecule has 2 rings (SSSR count). The smallest absolute Gasteiger partial charge is 0.0483 e. The minimum absolute atomic E-state index is 0.358. The maximum Gasteiger partial charge on any atom is 0.0483 e. The third kappa shape index (κ3) is 2.23. The highest BCUT2D eigenvalue weighted by molar-refractivity contribution is 5.83. The molecule has 1 aromatic carbocycles. The van der Waals surface area contributed by atoms with E-state index in [1.54, 1.807) is 0 Å². The minimum Gasteiger partial charge on any atom is -0.361 e. The van der Waals surface area contributed by atoms with E-state index in [1.165, 1.54) is 22.0 Å². The van der Waals surface area contributed by atoms with Gasteiger partial charge in [-0.2, -0.15) is 0 Å². The van der Waals surface area contributed by atoms with Crippen molar-refractivity contribution in [2.24, 2.45) is 5.41 Å². The van der Waals surface area contributed by atoms with Crippen LogP contribution in [-0.4, -0.2) is 4.98 Å². The molecule has 1 N–H and O–H groups in total. The molecule has 0 aliphatic carbocycles. The van der Waals surface area contributed by atoms with Crippen molar-refractivity contribution in [1.29, 1.82) is 0 Å². The van der Waals surface area contributed by atoms with E-state index in [9.17, 15) is 0 Å². The van der Waals surface area contributed by atoms with E-state index in [0.29, 0.717) is 5.41 Å². The Bertz CT molecular complexity index is 472. The summed E-state index contributed by atoms with van der Waals surface area (Å²) in [5, 5.41) is 1.33. The van der Waals surface area contributed by atoms with Gasteiger partial charge in [0, 0.05) is 11.7 Å². The second-order valence-electron chi connectivity index (χ2n) is 5.59. The molecule has 0 radical (unpaired) electrons. The predicted octanol–water partition coefficient (Wildman–Crippen LogP) is 4.06. The minimum atomic E-state index is 0.358. The van der Waals surface area contributed by atoms with Gasteiger partial charge in [-0.05, 0) is 47.4 Å². The van der Waals surface area contributed by atoms with Gasteiger partial charge in [0.2, 0.25) is 0 Å². The lowest BCUT2D eigenvalue weighted by Gasteiger charge is -2.18. The van der Waals surface area contributed by atoms with Crippen LogP contribution in [0.5, 0.6) is 0 Å². The number of nitrogens with one attached hydrogen (secondary N) is 1. The maximum absolute atomic E-state index is 3.28. The zero-order chi connectivity index (χ0) is 11.1. The fraction of sp³-hybridized carbons (Fsp3) is 0.429. The normalized spacial score (nSPS) is 12.3. The van der Waals surface area contributed by atoms with Gasteiger partial charge in [-0.1, -0.05) is 26.8 Å². The molecule has 0 aliphatic rings. The van der Waals surface area contributed by atoms with Crippen molar-refractivity contribution < 1.29 is 0 Å². The standard InChI is InChI=1S/C14H19N/c1-10-7-11(9-14(2,3)4)8-12-5-6-15-13(10)12/h5-8,15H,9H2,1-4H3. The lowest BCUT2D eigenvalue weighted by Crippen LogP contribution is -2.09. The molecule has 0 fully saturated rings. The predicted molar refractivity (Wildman–Crippen MR) is 66.2 cm³/mol. The maximum atomic E-state index is 3.28. The first-order valence-electron chi connectivity index (χ1n) is 5.52. The molecule has 80 valence electrons.